The summed E-state index contributed by atoms with van der Waals surface area (Å²) in [6.45, 7) is 3.42. The minimum Gasteiger partial charge on any atom is -0.487 e. The Balaban J connectivity index is 2.56. The molecule has 15 heavy (non-hydrogen) atoms. The van der Waals surface area contributed by atoms with E-state index >= 15 is 0 Å². The van der Waals surface area contributed by atoms with E-state index in [4.69, 9.17) is 9.47 Å². The second-order valence-corrected chi connectivity index (χ2v) is 3.57. The molecular formula is C12H19NO2. The molecule has 0 aromatic heterocycles. The number of hydrogen-bond acceptors (Lipinski definition) is 3. The third-order valence-electron chi connectivity index (χ3n) is 2.08. The average molecular weight is 209 g/mol. The van der Waals surface area contributed by atoms with Crippen LogP contribution in [0, 0.1) is 6.92 Å². The summed E-state index contributed by atoms with van der Waals surface area (Å²) >= 11 is 0. The Morgan fingerprint density at radius 2 is 2.20 bits per heavy atom. The molecule has 1 atom stereocenters. The van der Waals surface area contributed by atoms with E-state index < -0.39 is 0 Å². The molecule has 0 aliphatic carbocycles. The van der Waals surface area contributed by atoms with Crippen LogP contribution in [-0.2, 0) is 4.74 Å². The fourth-order valence-corrected chi connectivity index (χ4v) is 1.43. The maximum Gasteiger partial charge on any atom is 0.134 e. The lowest BCUT2D eigenvalue weighted by atomic mass is 10.2. The lowest BCUT2D eigenvalue weighted by Gasteiger charge is -2.18. The highest BCUT2D eigenvalue weighted by atomic mass is 16.5. The zero-order valence-electron chi connectivity index (χ0n) is 9.62. The summed E-state index contributed by atoms with van der Waals surface area (Å²) < 4.78 is 10.9. The molecule has 3 heteroatoms. The fourth-order valence-electron chi connectivity index (χ4n) is 1.43. The summed E-state index contributed by atoms with van der Waals surface area (Å²) in [4.78, 5) is 0. The van der Waals surface area contributed by atoms with Crippen molar-refractivity contribution in [2.24, 2.45) is 0 Å². The Morgan fingerprint density at radius 3 is 2.80 bits per heavy atom. The molecule has 0 saturated heterocycles. The molecule has 1 N–H and O–H groups in total. The molecule has 0 fully saturated rings. The van der Waals surface area contributed by atoms with Gasteiger partial charge in [-0.1, -0.05) is 12.1 Å². The zero-order chi connectivity index (χ0) is 11.1. The van der Waals surface area contributed by atoms with E-state index in [1.165, 1.54) is 5.56 Å². The first kappa shape index (κ1) is 12.0. The molecule has 0 bridgehead atoms. The van der Waals surface area contributed by atoms with Crippen LogP contribution in [-0.4, -0.2) is 33.4 Å². The van der Waals surface area contributed by atoms with E-state index in [1.807, 2.05) is 25.2 Å². The van der Waals surface area contributed by atoms with Gasteiger partial charge in [0.25, 0.3) is 0 Å². The van der Waals surface area contributed by atoms with Gasteiger partial charge in [0.05, 0.1) is 6.61 Å². The van der Waals surface area contributed by atoms with Crippen molar-refractivity contribution < 1.29 is 9.47 Å². The van der Waals surface area contributed by atoms with Crippen molar-refractivity contribution in [2.45, 2.75) is 13.0 Å². The highest BCUT2D eigenvalue weighted by Crippen LogP contribution is 2.14. The second-order valence-electron chi connectivity index (χ2n) is 3.57. The van der Waals surface area contributed by atoms with Crippen LogP contribution in [0.5, 0.6) is 5.75 Å². The van der Waals surface area contributed by atoms with Gasteiger partial charge in [-0.15, -0.1) is 0 Å². The largest absolute Gasteiger partial charge is 0.487 e. The quantitative estimate of drug-likeness (QED) is 0.772. The van der Waals surface area contributed by atoms with E-state index in [2.05, 4.69) is 18.3 Å². The van der Waals surface area contributed by atoms with Crippen molar-refractivity contribution in [2.75, 3.05) is 27.3 Å². The molecular weight excluding hydrogens is 190 g/mol. The first-order chi connectivity index (χ1) is 7.26. The van der Waals surface area contributed by atoms with Crippen LogP contribution in [0.3, 0.4) is 0 Å². The van der Waals surface area contributed by atoms with Gasteiger partial charge in [-0.2, -0.15) is 0 Å². The predicted octanol–water partition coefficient (Wildman–Crippen LogP) is 1.61. The van der Waals surface area contributed by atoms with Crippen molar-refractivity contribution in [3.8, 4) is 5.75 Å². The highest BCUT2D eigenvalue weighted by Gasteiger charge is 2.08. The number of rotatable bonds is 6. The van der Waals surface area contributed by atoms with Crippen LogP contribution in [0.15, 0.2) is 24.3 Å². The lowest BCUT2D eigenvalue weighted by Crippen LogP contribution is -2.33. The van der Waals surface area contributed by atoms with E-state index in [1.54, 1.807) is 7.11 Å². The Bertz CT molecular complexity index is 283. The minimum absolute atomic E-state index is 0.0572. The van der Waals surface area contributed by atoms with Crippen molar-refractivity contribution in [1.29, 1.82) is 0 Å². The van der Waals surface area contributed by atoms with E-state index in [-0.39, 0.29) is 6.10 Å². The summed E-state index contributed by atoms with van der Waals surface area (Å²) in [7, 11) is 3.59. The number of hydrogen-bond donors (Lipinski definition) is 1. The van der Waals surface area contributed by atoms with E-state index in [0.29, 0.717) is 6.61 Å². The Morgan fingerprint density at radius 1 is 1.40 bits per heavy atom. The van der Waals surface area contributed by atoms with Gasteiger partial charge in [-0.25, -0.2) is 0 Å². The second kappa shape index (κ2) is 6.43. The molecule has 0 radical (unpaired) electrons. The van der Waals surface area contributed by atoms with Gasteiger partial charge in [-0.05, 0) is 31.7 Å². The predicted molar refractivity (Wildman–Crippen MR) is 61.4 cm³/mol. The highest BCUT2D eigenvalue weighted by molar-refractivity contribution is 5.27. The van der Waals surface area contributed by atoms with Crippen molar-refractivity contribution in [1.82, 2.24) is 5.32 Å². The van der Waals surface area contributed by atoms with Gasteiger partial charge < -0.3 is 14.8 Å². The number of ether oxygens (including phenoxy) is 2. The van der Waals surface area contributed by atoms with Gasteiger partial charge in [0.1, 0.15) is 11.9 Å². The number of methoxy groups -OCH3 is 1. The summed E-state index contributed by atoms with van der Waals surface area (Å²) in [5, 5.41) is 3.08. The number of nitrogens with one attached hydrogen (secondary N) is 1. The standard InChI is InChI=1S/C12H19NO2/c1-10-5-4-6-11(7-10)15-12(8-13-2)9-14-3/h4-7,12-13H,8-9H2,1-3H3. The first-order valence-electron chi connectivity index (χ1n) is 5.13. The van der Waals surface area contributed by atoms with Crippen LogP contribution < -0.4 is 10.1 Å². The molecule has 3 nitrogen and oxygen atoms in total. The molecule has 1 aromatic rings. The third-order valence-corrected chi connectivity index (χ3v) is 2.08. The van der Waals surface area contributed by atoms with Gasteiger partial charge in [0, 0.05) is 13.7 Å². The van der Waals surface area contributed by atoms with Gasteiger partial charge in [0.2, 0.25) is 0 Å². The molecule has 84 valence electrons. The van der Waals surface area contributed by atoms with Gasteiger partial charge in [0.15, 0.2) is 0 Å². The molecule has 1 aromatic carbocycles. The smallest absolute Gasteiger partial charge is 0.134 e. The zero-order valence-corrected chi connectivity index (χ0v) is 9.62. The lowest BCUT2D eigenvalue weighted by molar-refractivity contribution is 0.0818. The van der Waals surface area contributed by atoms with Crippen molar-refractivity contribution >= 4 is 0 Å². The molecule has 0 heterocycles. The Kier molecular flexibility index (Phi) is 5.15. The average Bonchev–Trinajstić information content (AvgIpc) is 2.18. The van der Waals surface area contributed by atoms with E-state index in [9.17, 15) is 0 Å². The summed E-state index contributed by atoms with van der Waals surface area (Å²) in [5.41, 5.74) is 1.20. The summed E-state index contributed by atoms with van der Waals surface area (Å²) in [5.74, 6) is 0.896. The van der Waals surface area contributed by atoms with Gasteiger partial charge in [-0.3, -0.25) is 0 Å². The Hall–Kier alpha value is -1.06. The van der Waals surface area contributed by atoms with Crippen molar-refractivity contribution in [3.63, 3.8) is 0 Å². The number of aryl methyl sites for hydroxylation is 1. The Labute approximate surface area is 91.4 Å². The normalized spacial score (nSPS) is 12.5. The van der Waals surface area contributed by atoms with E-state index in [0.717, 1.165) is 12.3 Å². The number of benzene rings is 1. The van der Waals surface area contributed by atoms with Crippen LogP contribution in [0.1, 0.15) is 5.56 Å². The topological polar surface area (TPSA) is 30.5 Å². The van der Waals surface area contributed by atoms with Crippen LogP contribution in [0.2, 0.25) is 0 Å². The summed E-state index contributed by atoms with van der Waals surface area (Å²) in [6, 6.07) is 8.04. The van der Waals surface area contributed by atoms with Crippen molar-refractivity contribution in [3.05, 3.63) is 29.8 Å². The molecule has 1 rings (SSSR count). The first-order valence-corrected chi connectivity index (χ1v) is 5.13. The molecule has 0 aliphatic rings. The molecule has 0 amide bonds. The summed E-state index contributed by atoms with van der Waals surface area (Å²) in [6.07, 6.45) is 0.0572. The molecule has 0 aliphatic heterocycles. The molecule has 0 spiro atoms. The van der Waals surface area contributed by atoms with Gasteiger partial charge >= 0.3 is 0 Å². The minimum atomic E-state index is 0.0572. The maximum atomic E-state index is 5.79. The molecule has 1 unspecified atom stereocenters. The van der Waals surface area contributed by atoms with Crippen LogP contribution >= 0.6 is 0 Å². The SMILES string of the molecule is CNCC(COC)Oc1cccc(C)c1. The van der Waals surface area contributed by atoms with Crippen LogP contribution in [0.25, 0.3) is 0 Å². The fraction of sp³-hybridized carbons (Fsp3) is 0.500. The monoisotopic (exact) mass is 209 g/mol. The van der Waals surface area contributed by atoms with Crippen LogP contribution in [0.4, 0.5) is 0 Å². The molecule has 0 saturated carbocycles. The third kappa shape index (κ3) is 4.32. The maximum absolute atomic E-state index is 5.79. The number of likely N-dealkylation sites (N-methyl/N-ethyl adjacent to an activating group) is 1.